The Hall–Kier alpha value is -1.00. The molecule has 1 aliphatic carbocycles. The number of nitrogens with zero attached hydrogens (tertiary/aromatic N) is 3. The van der Waals surface area contributed by atoms with Crippen LogP contribution in [0.25, 0.3) is 0 Å². The fraction of sp³-hybridized carbons (Fsp3) is 0.778. The molecule has 0 aromatic carbocycles. The van der Waals surface area contributed by atoms with Crippen LogP contribution in [0, 0.1) is 0 Å². The molecule has 4 heteroatoms. The van der Waals surface area contributed by atoms with E-state index in [4.69, 9.17) is 0 Å². The summed E-state index contributed by atoms with van der Waals surface area (Å²) >= 11 is 0. The van der Waals surface area contributed by atoms with E-state index >= 15 is 0 Å². The largest absolute Gasteiger partial charge is 0.395 e. The fourth-order valence-corrected chi connectivity index (χ4v) is 3.90. The van der Waals surface area contributed by atoms with Gasteiger partial charge < -0.3 is 5.11 Å². The standard InChI is InChI=1S/C18H29N3O/c22-14-17-9-5-2-6-10-21(17)13-15-11-19-18(20-12-15)16-7-3-1-4-8-16/h11-12,16-17,22H,1-10,13-14H2. The molecule has 1 saturated carbocycles. The molecule has 2 fully saturated rings. The third-order valence-corrected chi connectivity index (χ3v) is 5.29. The van der Waals surface area contributed by atoms with Gasteiger partial charge in [0.05, 0.1) is 6.61 Å². The van der Waals surface area contributed by atoms with Crippen molar-refractivity contribution in [2.75, 3.05) is 13.2 Å². The van der Waals surface area contributed by atoms with Gasteiger partial charge in [-0.15, -0.1) is 0 Å². The number of aromatic nitrogens is 2. The molecular weight excluding hydrogens is 274 g/mol. The molecule has 2 aliphatic rings. The lowest BCUT2D eigenvalue weighted by Gasteiger charge is -2.28. The summed E-state index contributed by atoms with van der Waals surface area (Å²) in [4.78, 5) is 11.7. The van der Waals surface area contributed by atoms with Crippen LogP contribution in [0.15, 0.2) is 12.4 Å². The van der Waals surface area contributed by atoms with Gasteiger partial charge in [-0.25, -0.2) is 9.97 Å². The highest BCUT2D eigenvalue weighted by molar-refractivity contribution is 5.08. The summed E-state index contributed by atoms with van der Waals surface area (Å²) in [6, 6.07) is 0.306. The van der Waals surface area contributed by atoms with E-state index < -0.39 is 0 Å². The highest BCUT2D eigenvalue weighted by Gasteiger charge is 2.21. The van der Waals surface area contributed by atoms with Crippen molar-refractivity contribution in [1.29, 1.82) is 0 Å². The molecule has 1 aliphatic heterocycles. The van der Waals surface area contributed by atoms with Crippen molar-refractivity contribution in [2.45, 2.75) is 76.3 Å². The lowest BCUT2D eigenvalue weighted by Crippen LogP contribution is -2.37. The van der Waals surface area contributed by atoms with Gasteiger partial charge in [-0.2, -0.15) is 0 Å². The predicted molar refractivity (Wildman–Crippen MR) is 87.6 cm³/mol. The predicted octanol–water partition coefficient (Wildman–Crippen LogP) is 3.26. The zero-order valence-corrected chi connectivity index (χ0v) is 13.6. The van der Waals surface area contributed by atoms with Crippen molar-refractivity contribution >= 4 is 0 Å². The Morgan fingerprint density at radius 3 is 2.36 bits per heavy atom. The molecule has 1 atom stereocenters. The molecule has 122 valence electrons. The van der Waals surface area contributed by atoms with Crippen molar-refractivity contribution in [2.24, 2.45) is 0 Å². The Bertz CT molecular complexity index is 442. The van der Waals surface area contributed by atoms with Gasteiger partial charge in [0.2, 0.25) is 0 Å². The molecule has 0 amide bonds. The smallest absolute Gasteiger partial charge is 0.131 e. The summed E-state index contributed by atoms with van der Waals surface area (Å²) in [6.45, 7) is 2.22. The third kappa shape index (κ3) is 4.05. The van der Waals surface area contributed by atoms with Gasteiger partial charge in [-0.1, -0.05) is 32.1 Å². The zero-order chi connectivity index (χ0) is 15.2. The van der Waals surface area contributed by atoms with Gasteiger partial charge in [0, 0.05) is 36.5 Å². The lowest BCUT2D eigenvalue weighted by atomic mass is 9.89. The van der Waals surface area contributed by atoms with Crippen LogP contribution in [-0.4, -0.2) is 39.2 Å². The van der Waals surface area contributed by atoms with Gasteiger partial charge in [0.15, 0.2) is 0 Å². The first kappa shape index (κ1) is 15.9. The number of hydrogen-bond acceptors (Lipinski definition) is 4. The Morgan fingerprint density at radius 1 is 0.955 bits per heavy atom. The monoisotopic (exact) mass is 303 g/mol. The third-order valence-electron chi connectivity index (χ3n) is 5.29. The van der Waals surface area contributed by atoms with E-state index in [1.165, 1.54) is 56.9 Å². The second-order valence-corrected chi connectivity index (χ2v) is 6.94. The first-order chi connectivity index (χ1) is 10.9. The van der Waals surface area contributed by atoms with Crippen LogP contribution in [0.5, 0.6) is 0 Å². The van der Waals surface area contributed by atoms with Crippen LogP contribution >= 0.6 is 0 Å². The average molecular weight is 303 g/mol. The Balaban J connectivity index is 1.62. The minimum Gasteiger partial charge on any atom is -0.395 e. The summed E-state index contributed by atoms with van der Waals surface area (Å²) < 4.78 is 0. The minimum absolute atomic E-state index is 0.265. The van der Waals surface area contributed by atoms with Crippen molar-refractivity contribution in [3.8, 4) is 0 Å². The maximum atomic E-state index is 9.61. The van der Waals surface area contributed by atoms with Crippen LogP contribution in [0.1, 0.15) is 75.1 Å². The van der Waals surface area contributed by atoms with E-state index in [1.807, 2.05) is 12.4 Å². The zero-order valence-electron chi connectivity index (χ0n) is 13.6. The Morgan fingerprint density at radius 2 is 1.64 bits per heavy atom. The van der Waals surface area contributed by atoms with Crippen LogP contribution < -0.4 is 0 Å². The summed E-state index contributed by atoms with van der Waals surface area (Å²) in [5.41, 5.74) is 1.18. The second kappa shape index (κ2) is 8.02. The van der Waals surface area contributed by atoms with Crippen LogP contribution in [0.4, 0.5) is 0 Å². The normalized spacial score (nSPS) is 25.0. The van der Waals surface area contributed by atoms with E-state index in [1.54, 1.807) is 0 Å². The molecule has 4 nitrogen and oxygen atoms in total. The van der Waals surface area contributed by atoms with E-state index in [0.29, 0.717) is 12.0 Å². The summed E-state index contributed by atoms with van der Waals surface area (Å²) in [6.07, 6.45) is 15.4. The number of hydrogen-bond donors (Lipinski definition) is 1. The molecule has 0 radical (unpaired) electrons. The minimum atomic E-state index is 0.265. The molecular formula is C18H29N3O. The van der Waals surface area contributed by atoms with Gasteiger partial charge in [-0.05, 0) is 32.2 Å². The van der Waals surface area contributed by atoms with Gasteiger partial charge in [-0.3, -0.25) is 4.90 Å². The van der Waals surface area contributed by atoms with Crippen molar-refractivity contribution in [1.82, 2.24) is 14.9 Å². The van der Waals surface area contributed by atoms with Crippen molar-refractivity contribution < 1.29 is 5.11 Å². The van der Waals surface area contributed by atoms with E-state index in [-0.39, 0.29) is 6.61 Å². The molecule has 1 unspecified atom stereocenters. The summed E-state index contributed by atoms with van der Waals surface area (Å²) in [7, 11) is 0. The first-order valence-corrected chi connectivity index (χ1v) is 9.02. The molecule has 0 bridgehead atoms. The number of aliphatic hydroxyl groups is 1. The number of rotatable bonds is 4. The maximum absolute atomic E-state index is 9.61. The topological polar surface area (TPSA) is 49.2 Å². The second-order valence-electron chi connectivity index (χ2n) is 6.94. The molecule has 1 aromatic rings. The van der Waals surface area contributed by atoms with Crippen LogP contribution in [-0.2, 0) is 6.54 Å². The summed E-state index contributed by atoms with van der Waals surface area (Å²) in [5.74, 6) is 1.62. The van der Waals surface area contributed by atoms with Gasteiger partial charge in [0.25, 0.3) is 0 Å². The molecule has 2 heterocycles. The van der Waals surface area contributed by atoms with Crippen LogP contribution in [0.2, 0.25) is 0 Å². The van der Waals surface area contributed by atoms with E-state index in [0.717, 1.165) is 25.3 Å². The van der Waals surface area contributed by atoms with E-state index in [9.17, 15) is 5.11 Å². The first-order valence-electron chi connectivity index (χ1n) is 9.02. The molecule has 1 N–H and O–H groups in total. The quantitative estimate of drug-likeness (QED) is 0.927. The summed E-state index contributed by atoms with van der Waals surface area (Å²) in [5, 5.41) is 9.61. The van der Waals surface area contributed by atoms with E-state index in [2.05, 4.69) is 14.9 Å². The molecule has 22 heavy (non-hydrogen) atoms. The number of aliphatic hydroxyl groups excluding tert-OH is 1. The van der Waals surface area contributed by atoms with Crippen molar-refractivity contribution in [3.63, 3.8) is 0 Å². The van der Waals surface area contributed by atoms with Gasteiger partial charge >= 0.3 is 0 Å². The fourth-order valence-electron chi connectivity index (χ4n) is 3.90. The number of likely N-dealkylation sites (tertiary alicyclic amines) is 1. The SMILES string of the molecule is OCC1CCCCCN1Cc1cnc(C2CCCCC2)nc1. The Kier molecular flexibility index (Phi) is 5.79. The van der Waals surface area contributed by atoms with Crippen molar-refractivity contribution in [3.05, 3.63) is 23.8 Å². The molecule has 3 rings (SSSR count). The molecule has 0 spiro atoms. The lowest BCUT2D eigenvalue weighted by molar-refractivity contribution is 0.118. The maximum Gasteiger partial charge on any atom is 0.131 e. The molecule has 1 saturated heterocycles. The highest BCUT2D eigenvalue weighted by Crippen LogP contribution is 2.30. The van der Waals surface area contributed by atoms with Crippen LogP contribution in [0.3, 0.4) is 0 Å². The van der Waals surface area contributed by atoms with Gasteiger partial charge in [0.1, 0.15) is 5.82 Å². The Labute approximate surface area is 134 Å². The highest BCUT2D eigenvalue weighted by atomic mass is 16.3. The average Bonchev–Trinajstić information content (AvgIpc) is 2.81. The molecule has 1 aromatic heterocycles.